The zero-order valence-electron chi connectivity index (χ0n) is 13.9. The number of ether oxygens (including phenoxy) is 2. The van der Waals surface area contributed by atoms with Crippen LogP contribution in [0.3, 0.4) is 0 Å². The van der Waals surface area contributed by atoms with E-state index in [1.807, 2.05) is 30.3 Å². The third-order valence-corrected chi connectivity index (χ3v) is 3.90. The number of para-hydroxylation sites is 1. The first kappa shape index (κ1) is 17.7. The fraction of sp³-hybridized carbons (Fsp3) is 0.588. The molecule has 1 aromatic rings. The lowest BCUT2D eigenvalue weighted by Gasteiger charge is -2.34. The van der Waals surface area contributed by atoms with Gasteiger partial charge in [0.2, 0.25) is 5.91 Å². The van der Waals surface area contributed by atoms with Crippen molar-refractivity contribution in [2.45, 2.75) is 0 Å². The fourth-order valence-electron chi connectivity index (χ4n) is 2.48. The average Bonchev–Trinajstić information content (AvgIpc) is 2.60. The van der Waals surface area contributed by atoms with Crippen molar-refractivity contribution in [3.63, 3.8) is 0 Å². The minimum absolute atomic E-state index is 0.0835. The summed E-state index contributed by atoms with van der Waals surface area (Å²) in [5.74, 6) is 0.962. The number of hydrogen-bond acceptors (Lipinski definition) is 5. The SMILES string of the molecule is CNC(=O)CN1CCN(CCOCCOc2ccccc2)CC1. The maximum absolute atomic E-state index is 11.3. The van der Waals surface area contributed by atoms with Crippen LogP contribution in [-0.4, -0.2) is 81.8 Å². The number of likely N-dealkylation sites (N-methyl/N-ethyl adjacent to an activating group) is 1. The third-order valence-electron chi connectivity index (χ3n) is 3.90. The molecule has 0 aliphatic carbocycles. The van der Waals surface area contributed by atoms with E-state index in [9.17, 15) is 4.79 Å². The van der Waals surface area contributed by atoms with Gasteiger partial charge in [0.25, 0.3) is 0 Å². The summed E-state index contributed by atoms with van der Waals surface area (Å²) in [4.78, 5) is 15.9. The topological polar surface area (TPSA) is 54.0 Å². The molecule has 0 radical (unpaired) electrons. The summed E-state index contributed by atoms with van der Waals surface area (Å²) in [6.45, 7) is 7.16. The number of nitrogens with one attached hydrogen (secondary N) is 1. The van der Waals surface area contributed by atoms with E-state index in [1.54, 1.807) is 7.05 Å². The molecule has 6 heteroatoms. The number of nitrogens with zero attached hydrogens (tertiary/aromatic N) is 2. The van der Waals surface area contributed by atoms with Crippen LogP contribution in [0.15, 0.2) is 30.3 Å². The summed E-state index contributed by atoms with van der Waals surface area (Å²) >= 11 is 0. The number of benzene rings is 1. The number of piperazine rings is 1. The highest BCUT2D eigenvalue weighted by atomic mass is 16.5. The fourth-order valence-corrected chi connectivity index (χ4v) is 2.48. The van der Waals surface area contributed by atoms with Gasteiger partial charge in [-0.2, -0.15) is 0 Å². The molecule has 0 spiro atoms. The molecule has 128 valence electrons. The molecular formula is C17H27N3O3. The van der Waals surface area contributed by atoms with E-state index >= 15 is 0 Å². The molecule has 1 amide bonds. The van der Waals surface area contributed by atoms with Crippen LogP contribution >= 0.6 is 0 Å². The van der Waals surface area contributed by atoms with Crippen LogP contribution in [0.4, 0.5) is 0 Å². The molecule has 0 bridgehead atoms. The molecule has 23 heavy (non-hydrogen) atoms. The Hall–Kier alpha value is -1.63. The van der Waals surface area contributed by atoms with Crippen LogP contribution in [0.5, 0.6) is 5.75 Å². The minimum Gasteiger partial charge on any atom is -0.491 e. The first-order chi connectivity index (χ1) is 11.3. The monoisotopic (exact) mass is 321 g/mol. The van der Waals surface area contributed by atoms with Gasteiger partial charge in [0, 0.05) is 39.8 Å². The molecular weight excluding hydrogens is 294 g/mol. The number of rotatable bonds is 9. The minimum atomic E-state index is 0.0835. The Balaban J connectivity index is 1.47. The van der Waals surface area contributed by atoms with Crippen molar-refractivity contribution in [2.24, 2.45) is 0 Å². The lowest BCUT2D eigenvalue weighted by atomic mass is 10.3. The summed E-state index contributed by atoms with van der Waals surface area (Å²) in [7, 11) is 1.68. The van der Waals surface area contributed by atoms with E-state index in [-0.39, 0.29) is 5.91 Å². The van der Waals surface area contributed by atoms with E-state index in [2.05, 4.69) is 15.1 Å². The van der Waals surface area contributed by atoms with Crippen molar-refractivity contribution in [1.29, 1.82) is 0 Å². The standard InChI is InChI=1S/C17H27N3O3/c1-18-17(21)15-20-9-7-19(8-10-20)11-12-22-13-14-23-16-5-3-2-4-6-16/h2-6H,7-15H2,1H3,(H,18,21). The number of carbonyl (C=O) groups excluding carboxylic acids is 1. The van der Waals surface area contributed by atoms with E-state index in [1.165, 1.54) is 0 Å². The lowest BCUT2D eigenvalue weighted by molar-refractivity contribution is -0.122. The average molecular weight is 321 g/mol. The molecule has 1 aromatic carbocycles. The van der Waals surface area contributed by atoms with Crippen molar-refractivity contribution in [2.75, 3.05) is 66.1 Å². The zero-order chi connectivity index (χ0) is 16.3. The van der Waals surface area contributed by atoms with Crippen molar-refractivity contribution >= 4 is 5.91 Å². The van der Waals surface area contributed by atoms with Gasteiger partial charge in [-0.3, -0.25) is 14.6 Å². The second-order valence-corrected chi connectivity index (χ2v) is 5.56. The Kier molecular flexibility index (Phi) is 7.86. The van der Waals surface area contributed by atoms with E-state index in [0.717, 1.165) is 38.5 Å². The molecule has 1 saturated heterocycles. The highest BCUT2D eigenvalue weighted by molar-refractivity contribution is 5.77. The van der Waals surface area contributed by atoms with Gasteiger partial charge in [-0.05, 0) is 12.1 Å². The van der Waals surface area contributed by atoms with Gasteiger partial charge < -0.3 is 14.8 Å². The zero-order valence-corrected chi connectivity index (χ0v) is 13.9. The summed E-state index contributed by atoms with van der Waals surface area (Å²) in [6.07, 6.45) is 0. The van der Waals surface area contributed by atoms with Crippen molar-refractivity contribution in [1.82, 2.24) is 15.1 Å². The summed E-state index contributed by atoms with van der Waals surface area (Å²) in [5, 5.41) is 2.66. The Morgan fingerprint density at radius 3 is 2.43 bits per heavy atom. The summed E-state index contributed by atoms with van der Waals surface area (Å²) in [5.41, 5.74) is 0. The molecule has 1 fully saturated rings. The van der Waals surface area contributed by atoms with Crippen LogP contribution in [0, 0.1) is 0 Å². The van der Waals surface area contributed by atoms with Gasteiger partial charge in [0.05, 0.1) is 19.8 Å². The molecule has 0 aromatic heterocycles. The molecule has 1 aliphatic heterocycles. The van der Waals surface area contributed by atoms with Crippen LogP contribution in [-0.2, 0) is 9.53 Å². The van der Waals surface area contributed by atoms with Crippen LogP contribution in [0.1, 0.15) is 0 Å². The normalized spacial score (nSPS) is 16.2. The molecule has 0 unspecified atom stereocenters. The Bertz CT molecular complexity index is 448. The predicted molar refractivity (Wildman–Crippen MR) is 89.7 cm³/mol. The molecule has 1 heterocycles. The van der Waals surface area contributed by atoms with Gasteiger partial charge >= 0.3 is 0 Å². The van der Waals surface area contributed by atoms with E-state index in [0.29, 0.717) is 26.4 Å². The van der Waals surface area contributed by atoms with Gasteiger partial charge in [-0.15, -0.1) is 0 Å². The molecule has 1 aliphatic rings. The second-order valence-electron chi connectivity index (χ2n) is 5.56. The molecule has 0 atom stereocenters. The highest BCUT2D eigenvalue weighted by Gasteiger charge is 2.17. The van der Waals surface area contributed by atoms with E-state index < -0.39 is 0 Å². The molecule has 1 N–H and O–H groups in total. The van der Waals surface area contributed by atoms with Crippen molar-refractivity contribution in [3.05, 3.63) is 30.3 Å². The van der Waals surface area contributed by atoms with Crippen LogP contribution in [0.2, 0.25) is 0 Å². The van der Waals surface area contributed by atoms with Gasteiger partial charge in [-0.25, -0.2) is 0 Å². The van der Waals surface area contributed by atoms with Gasteiger partial charge in [-0.1, -0.05) is 18.2 Å². The Morgan fingerprint density at radius 2 is 1.74 bits per heavy atom. The second kappa shape index (κ2) is 10.2. The van der Waals surface area contributed by atoms with Gasteiger partial charge in [0.1, 0.15) is 12.4 Å². The Morgan fingerprint density at radius 1 is 1.04 bits per heavy atom. The predicted octanol–water partition coefficient (Wildman–Crippen LogP) is 0.446. The lowest BCUT2D eigenvalue weighted by Crippen LogP contribution is -2.49. The maximum atomic E-state index is 11.3. The molecule has 6 nitrogen and oxygen atoms in total. The van der Waals surface area contributed by atoms with Crippen LogP contribution < -0.4 is 10.1 Å². The Labute approximate surface area is 138 Å². The summed E-state index contributed by atoms with van der Waals surface area (Å²) in [6, 6.07) is 9.77. The van der Waals surface area contributed by atoms with Gasteiger partial charge in [0.15, 0.2) is 0 Å². The quantitative estimate of drug-likeness (QED) is 0.669. The maximum Gasteiger partial charge on any atom is 0.233 e. The van der Waals surface area contributed by atoms with Crippen molar-refractivity contribution < 1.29 is 14.3 Å². The first-order valence-corrected chi connectivity index (χ1v) is 8.19. The third kappa shape index (κ3) is 6.99. The first-order valence-electron chi connectivity index (χ1n) is 8.19. The number of carbonyl (C=O) groups is 1. The molecule has 0 saturated carbocycles. The van der Waals surface area contributed by atoms with Crippen LogP contribution in [0.25, 0.3) is 0 Å². The van der Waals surface area contributed by atoms with E-state index in [4.69, 9.17) is 9.47 Å². The summed E-state index contributed by atoms with van der Waals surface area (Å²) < 4.78 is 11.2. The number of amides is 1. The smallest absolute Gasteiger partial charge is 0.233 e. The largest absolute Gasteiger partial charge is 0.491 e. The highest BCUT2D eigenvalue weighted by Crippen LogP contribution is 2.07. The number of hydrogen-bond donors (Lipinski definition) is 1. The van der Waals surface area contributed by atoms with Crippen molar-refractivity contribution in [3.8, 4) is 5.75 Å². The molecule has 2 rings (SSSR count).